The second kappa shape index (κ2) is 5.69. The Morgan fingerprint density at radius 3 is 2.63 bits per heavy atom. The predicted octanol–water partition coefficient (Wildman–Crippen LogP) is 2.92. The summed E-state index contributed by atoms with van der Waals surface area (Å²) in [6.07, 6.45) is 3.18. The van der Waals surface area contributed by atoms with E-state index in [1.807, 2.05) is 6.92 Å². The molecule has 1 aliphatic rings. The standard InChI is InChI=1S/C13H17N3O3/c1-10-5-6-11(16(18)19)9-12(10)14-13(17)15-7-3-2-4-8-15/h5-6,9H,2-4,7-8H2,1H3,(H,14,17). The van der Waals surface area contributed by atoms with Gasteiger partial charge in [-0.2, -0.15) is 0 Å². The van der Waals surface area contributed by atoms with E-state index in [9.17, 15) is 14.9 Å². The number of rotatable bonds is 2. The summed E-state index contributed by atoms with van der Waals surface area (Å²) in [6, 6.07) is 4.30. The maximum Gasteiger partial charge on any atom is 0.321 e. The van der Waals surface area contributed by atoms with Gasteiger partial charge < -0.3 is 10.2 Å². The zero-order chi connectivity index (χ0) is 13.8. The van der Waals surface area contributed by atoms with Crippen LogP contribution < -0.4 is 5.32 Å². The molecular weight excluding hydrogens is 246 g/mol. The molecule has 0 aliphatic carbocycles. The van der Waals surface area contributed by atoms with Crippen LogP contribution in [0.5, 0.6) is 0 Å². The van der Waals surface area contributed by atoms with Crippen LogP contribution in [0.3, 0.4) is 0 Å². The molecule has 0 bridgehead atoms. The molecule has 2 rings (SSSR count). The fourth-order valence-electron chi connectivity index (χ4n) is 2.15. The summed E-state index contributed by atoms with van der Waals surface area (Å²) in [6.45, 7) is 3.31. The fraction of sp³-hybridized carbons (Fsp3) is 0.462. The second-order valence-corrected chi connectivity index (χ2v) is 4.73. The molecule has 1 aromatic carbocycles. The first-order valence-electron chi connectivity index (χ1n) is 6.39. The lowest BCUT2D eigenvalue weighted by atomic mass is 10.1. The lowest BCUT2D eigenvalue weighted by Gasteiger charge is -2.27. The third-order valence-corrected chi connectivity index (χ3v) is 3.32. The number of carbonyl (C=O) groups is 1. The van der Waals surface area contributed by atoms with E-state index < -0.39 is 4.92 Å². The van der Waals surface area contributed by atoms with E-state index in [0.717, 1.165) is 37.9 Å². The molecule has 102 valence electrons. The smallest absolute Gasteiger partial charge is 0.321 e. The summed E-state index contributed by atoms with van der Waals surface area (Å²) in [5, 5.41) is 13.5. The number of likely N-dealkylation sites (tertiary alicyclic amines) is 1. The monoisotopic (exact) mass is 263 g/mol. The molecule has 0 radical (unpaired) electrons. The first-order chi connectivity index (χ1) is 9.08. The van der Waals surface area contributed by atoms with Crippen LogP contribution in [0.15, 0.2) is 18.2 Å². The maximum absolute atomic E-state index is 12.0. The number of nitro benzene ring substituents is 1. The van der Waals surface area contributed by atoms with Gasteiger partial charge in [0.25, 0.3) is 5.69 Å². The minimum absolute atomic E-state index is 0.0143. The summed E-state index contributed by atoms with van der Waals surface area (Å²) < 4.78 is 0. The number of piperidine rings is 1. The zero-order valence-electron chi connectivity index (χ0n) is 10.9. The van der Waals surface area contributed by atoms with Crippen LogP contribution in [0.2, 0.25) is 0 Å². The van der Waals surface area contributed by atoms with Gasteiger partial charge in [-0.1, -0.05) is 6.07 Å². The van der Waals surface area contributed by atoms with Gasteiger partial charge in [-0.3, -0.25) is 10.1 Å². The summed E-state index contributed by atoms with van der Waals surface area (Å²) >= 11 is 0. The number of nitrogens with zero attached hydrogens (tertiary/aromatic N) is 2. The van der Waals surface area contributed by atoms with Gasteiger partial charge in [0.1, 0.15) is 0 Å². The number of carbonyl (C=O) groups excluding carboxylic acids is 1. The van der Waals surface area contributed by atoms with Gasteiger partial charge in [0.15, 0.2) is 0 Å². The molecule has 0 saturated carbocycles. The van der Waals surface area contributed by atoms with Crippen LogP contribution in [0.1, 0.15) is 24.8 Å². The molecule has 6 nitrogen and oxygen atoms in total. The van der Waals surface area contributed by atoms with Crippen LogP contribution in [-0.2, 0) is 0 Å². The topological polar surface area (TPSA) is 75.5 Å². The molecule has 1 aromatic rings. The van der Waals surface area contributed by atoms with Gasteiger partial charge in [-0.25, -0.2) is 4.79 Å². The molecule has 0 atom stereocenters. The van der Waals surface area contributed by atoms with Crippen molar-refractivity contribution in [3.8, 4) is 0 Å². The first-order valence-corrected chi connectivity index (χ1v) is 6.39. The number of nitrogens with one attached hydrogen (secondary N) is 1. The number of hydrogen-bond donors (Lipinski definition) is 1. The van der Waals surface area contributed by atoms with E-state index in [1.165, 1.54) is 12.1 Å². The Hall–Kier alpha value is -2.11. The molecule has 0 spiro atoms. The van der Waals surface area contributed by atoms with Gasteiger partial charge in [-0.05, 0) is 31.7 Å². The van der Waals surface area contributed by atoms with Crippen molar-refractivity contribution in [3.63, 3.8) is 0 Å². The van der Waals surface area contributed by atoms with Crippen LogP contribution in [0, 0.1) is 17.0 Å². The summed E-state index contributed by atoms with van der Waals surface area (Å²) in [5.41, 5.74) is 1.31. The third kappa shape index (κ3) is 3.21. The van der Waals surface area contributed by atoms with Gasteiger partial charge in [0, 0.05) is 25.2 Å². The van der Waals surface area contributed by atoms with Crippen molar-refractivity contribution in [2.45, 2.75) is 26.2 Å². The molecule has 1 fully saturated rings. The van der Waals surface area contributed by atoms with E-state index in [4.69, 9.17) is 0 Å². The minimum atomic E-state index is -0.462. The summed E-state index contributed by atoms with van der Waals surface area (Å²) in [4.78, 5) is 24.1. The molecule has 0 aromatic heterocycles. The van der Waals surface area contributed by atoms with Crippen molar-refractivity contribution in [2.24, 2.45) is 0 Å². The second-order valence-electron chi connectivity index (χ2n) is 4.73. The Bertz CT molecular complexity index is 496. The highest BCUT2D eigenvalue weighted by atomic mass is 16.6. The fourth-order valence-corrected chi connectivity index (χ4v) is 2.15. The number of amides is 2. The quantitative estimate of drug-likeness (QED) is 0.658. The number of non-ortho nitro benzene ring substituents is 1. The SMILES string of the molecule is Cc1ccc([N+](=O)[O-])cc1NC(=O)N1CCCCC1. The van der Waals surface area contributed by atoms with Crippen molar-refractivity contribution >= 4 is 17.4 Å². The van der Waals surface area contributed by atoms with Gasteiger partial charge in [0.05, 0.1) is 10.6 Å². The molecule has 1 saturated heterocycles. The molecule has 19 heavy (non-hydrogen) atoms. The van der Waals surface area contributed by atoms with Gasteiger partial charge in [0.2, 0.25) is 0 Å². The van der Waals surface area contributed by atoms with Crippen molar-refractivity contribution in [1.82, 2.24) is 4.90 Å². The highest BCUT2D eigenvalue weighted by Crippen LogP contribution is 2.22. The lowest BCUT2D eigenvalue weighted by Crippen LogP contribution is -2.38. The average molecular weight is 263 g/mol. The van der Waals surface area contributed by atoms with E-state index in [1.54, 1.807) is 11.0 Å². The number of urea groups is 1. The summed E-state index contributed by atoms with van der Waals surface area (Å²) in [7, 11) is 0. The third-order valence-electron chi connectivity index (χ3n) is 3.32. The van der Waals surface area contributed by atoms with Crippen molar-refractivity contribution in [3.05, 3.63) is 33.9 Å². The molecular formula is C13H17N3O3. The van der Waals surface area contributed by atoms with Crippen molar-refractivity contribution in [1.29, 1.82) is 0 Å². The zero-order valence-corrected chi connectivity index (χ0v) is 10.9. The number of anilines is 1. The van der Waals surface area contributed by atoms with Crippen molar-refractivity contribution < 1.29 is 9.72 Å². The van der Waals surface area contributed by atoms with E-state index in [0.29, 0.717) is 5.69 Å². The van der Waals surface area contributed by atoms with Crippen LogP contribution in [0.4, 0.5) is 16.2 Å². The van der Waals surface area contributed by atoms with Gasteiger partial charge in [-0.15, -0.1) is 0 Å². The Kier molecular flexibility index (Phi) is 3.99. The van der Waals surface area contributed by atoms with E-state index in [-0.39, 0.29) is 11.7 Å². The van der Waals surface area contributed by atoms with Crippen LogP contribution in [0.25, 0.3) is 0 Å². The van der Waals surface area contributed by atoms with Gasteiger partial charge >= 0.3 is 6.03 Å². The number of hydrogen-bond acceptors (Lipinski definition) is 3. The largest absolute Gasteiger partial charge is 0.325 e. The molecule has 1 heterocycles. The number of aryl methyl sites for hydroxylation is 1. The Labute approximate surface area is 111 Å². The van der Waals surface area contributed by atoms with Crippen molar-refractivity contribution in [2.75, 3.05) is 18.4 Å². The normalized spacial score (nSPS) is 15.1. The molecule has 1 N–H and O–H groups in total. The minimum Gasteiger partial charge on any atom is -0.325 e. The highest BCUT2D eigenvalue weighted by molar-refractivity contribution is 5.90. The molecule has 6 heteroatoms. The molecule has 0 unspecified atom stereocenters. The molecule has 2 amide bonds. The summed E-state index contributed by atoms with van der Waals surface area (Å²) in [5.74, 6) is 0. The van der Waals surface area contributed by atoms with Crippen LogP contribution in [-0.4, -0.2) is 28.9 Å². The molecule has 1 aliphatic heterocycles. The van der Waals surface area contributed by atoms with E-state index in [2.05, 4.69) is 5.32 Å². The average Bonchev–Trinajstić information content (AvgIpc) is 2.42. The maximum atomic E-state index is 12.0. The number of nitro groups is 1. The predicted molar refractivity (Wildman–Crippen MR) is 72.3 cm³/mol. The lowest BCUT2D eigenvalue weighted by molar-refractivity contribution is -0.384. The Balaban J connectivity index is 2.11. The Morgan fingerprint density at radius 1 is 1.32 bits per heavy atom. The highest BCUT2D eigenvalue weighted by Gasteiger charge is 2.18. The first kappa shape index (κ1) is 13.3. The van der Waals surface area contributed by atoms with Crippen LogP contribution >= 0.6 is 0 Å². The number of benzene rings is 1. The van der Waals surface area contributed by atoms with E-state index >= 15 is 0 Å². The Morgan fingerprint density at radius 2 is 2.00 bits per heavy atom.